The first kappa shape index (κ1) is 12.4. The summed E-state index contributed by atoms with van der Waals surface area (Å²) in [7, 11) is 1.42. The molecule has 3 heteroatoms. The SMILES string of the molecule is CCC(C)(C)C(=O)OC.Cl. The van der Waals surface area contributed by atoms with E-state index in [0.717, 1.165) is 6.42 Å². The number of esters is 1. The number of rotatable bonds is 2. The predicted octanol–water partition coefficient (Wildman–Crippen LogP) is 2.02. The van der Waals surface area contributed by atoms with Crippen LogP contribution in [0.2, 0.25) is 0 Å². The molecule has 2 nitrogen and oxygen atoms in total. The van der Waals surface area contributed by atoms with Crippen molar-refractivity contribution in [3.8, 4) is 0 Å². The molecule has 10 heavy (non-hydrogen) atoms. The second-order valence-electron chi connectivity index (χ2n) is 2.73. The van der Waals surface area contributed by atoms with E-state index in [2.05, 4.69) is 4.74 Å². The highest BCUT2D eigenvalue weighted by Crippen LogP contribution is 2.20. The van der Waals surface area contributed by atoms with Crippen LogP contribution < -0.4 is 0 Å². The van der Waals surface area contributed by atoms with Crippen molar-refractivity contribution in [1.82, 2.24) is 0 Å². The van der Waals surface area contributed by atoms with E-state index in [-0.39, 0.29) is 23.8 Å². The molecule has 0 rings (SSSR count). The lowest BCUT2D eigenvalue weighted by atomic mass is 9.91. The average Bonchev–Trinajstić information content (AvgIpc) is 1.86. The first-order chi connectivity index (χ1) is 4.04. The van der Waals surface area contributed by atoms with Gasteiger partial charge < -0.3 is 4.74 Å². The van der Waals surface area contributed by atoms with E-state index >= 15 is 0 Å². The molecule has 0 aliphatic rings. The minimum absolute atomic E-state index is 0. The van der Waals surface area contributed by atoms with Gasteiger partial charge in [0, 0.05) is 0 Å². The van der Waals surface area contributed by atoms with Crippen LogP contribution >= 0.6 is 12.4 Å². The summed E-state index contributed by atoms with van der Waals surface area (Å²) in [4.78, 5) is 10.8. The maximum Gasteiger partial charge on any atom is 0.311 e. The van der Waals surface area contributed by atoms with Crippen LogP contribution in [0.25, 0.3) is 0 Å². The largest absolute Gasteiger partial charge is 0.469 e. The Bertz CT molecular complexity index is 110. The molecule has 0 unspecified atom stereocenters. The molecule has 0 aromatic rings. The summed E-state index contributed by atoms with van der Waals surface area (Å²) < 4.78 is 4.57. The van der Waals surface area contributed by atoms with Gasteiger partial charge in [-0.1, -0.05) is 6.92 Å². The molecule has 0 aliphatic heterocycles. The minimum Gasteiger partial charge on any atom is -0.469 e. The quantitative estimate of drug-likeness (QED) is 0.587. The highest BCUT2D eigenvalue weighted by molar-refractivity contribution is 5.85. The van der Waals surface area contributed by atoms with E-state index in [1.807, 2.05) is 20.8 Å². The third kappa shape index (κ3) is 3.06. The lowest BCUT2D eigenvalue weighted by molar-refractivity contribution is -0.150. The second-order valence-corrected chi connectivity index (χ2v) is 2.73. The zero-order chi connectivity index (χ0) is 7.49. The fourth-order valence-electron chi connectivity index (χ4n) is 0.421. The Labute approximate surface area is 68.4 Å². The highest BCUT2D eigenvalue weighted by atomic mass is 35.5. The predicted molar refractivity (Wildman–Crippen MR) is 43.3 cm³/mol. The Morgan fingerprint density at radius 3 is 2.00 bits per heavy atom. The molecule has 0 amide bonds. The van der Waals surface area contributed by atoms with Gasteiger partial charge in [-0.05, 0) is 20.3 Å². The molecule has 62 valence electrons. The smallest absolute Gasteiger partial charge is 0.311 e. The Morgan fingerprint density at radius 2 is 1.90 bits per heavy atom. The van der Waals surface area contributed by atoms with Gasteiger partial charge in [-0.3, -0.25) is 4.79 Å². The van der Waals surface area contributed by atoms with E-state index in [1.54, 1.807) is 0 Å². The van der Waals surface area contributed by atoms with Crippen molar-refractivity contribution in [2.45, 2.75) is 27.2 Å². The van der Waals surface area contributed by atoms with Crippen molar-refractivity contribution < 1.29 is 9.53 Å². The van der Waals surface area contributed by atoms with Crippen molar-refractivity contribution in [2.75, 3.05) is 7.11 Å². The van der Waals surface area contributed by atoms with Crippen LogP contribution in [0.1, 0.15) is 27.2 Å². The zero-order valence-electron chi connectivity index (χ0n) is 6.93. The van der Waals surface area contributed by atoms with Gasteiger partial charge in [0.1, 0.15) is 0 Å². The van der Waals surface area contributed by atoms with Crippen molar-refractivity contribution >= 4 is 18.4 Å². The first-order valence-corrected chi connectivity index (χ1v) is 3.13. The summed E-state index contributed by atoms with van der Waals surface area (Å²) in [6.45, 7) is 5.72. The molecular weight excluding hydrogens is 152 g/mol. The highest BCUT2D eigenvalue weighted by Gasteiger charge is 2.25. The Kier molecular flexibility index (Phi) is 5.67. The Morgan fingerprint density at radius 1 is 1.50 bits per heavy atom. The molecule has 0 aromatic heterocycles. The number of hydrogen-bond donors (Lipinski definition) is 0. The molecule has 0 aliphatic carbocycles. The van der Waals surface area contributed by atoms with Crippen LogP contribution in [-0.2, 0) is 9.53 Å². The fraction of sp³-hybridized carbons (Fsp3) is 0.857. The minimum atomic E-state index is -0.311. The van der Waals surface area contributed by atoms with Crippen molar-refractivity contribution in [3.05, 3.63) is 0 Å². The van der Waals surface area contributed by atoms with E-state index in [1.165, 1.54) is 7.11 Å². The summed E-state index contributed by atoms with van der Waals surface area (Å²) in [5.74, 6) is -0.134. The second kappa shape index (κ2) is 4.56. The number of carbonyl (C=O) groups excluding carboxylic acids is 1. The summed E-state index contributed by atoms with van der Waals surface area (Å²) >= 11 is 0. The van der Waals surface area contributed by atoms with Crippen LogP contribution in [0.3, 0.4) is 0 Å². The number of methoxy groups -OCH3 is 1. The number of halogens is 1. The van der Waals surface area contributed by atoms with Gasteiger partial charge in [-0.25, -0.2) is 0 Å². The van der Waals surface area contributed by atoms with Crippen molar-refractivity contribution in [1.29, 1.82) is 0 Å². The van der Waals surface area contributed by atoms with E-state index < -0.39 is 0 Å². The summed E-state index contributed by atoms with van der Waals surface area (Å²) in [6, 6.07) is 0. The standard InChI is InChI=1S/C7H14O2.ClH/c1-5-7(2,3)6(8)9-4;/h5H2,1-4H3;1H. The summed E-state index contributed by atoms with van der Waals surface area (Å²) in [6.07, 6.45) is 0.819. The van der Waals surface area contributed by atoms with E-state index in [9.17, 15) is 4.79 Å². The molecule has 0 aromatic carbocycles. The Hall–Kier alpha value is -0.240. The van der Waals surface area contributed by atoms with E-state index in [4.69, 9.17) is 0 Å². The van der Waals surface area contributed by atoms with Crippen LogP contribution in [0, 0.1) is 5.41 Å². The van der Waals surface area contributed by atoms with Gasteiger partial charge >= 0.3 is 5.97 Å². The molecule has 0 N–H and O–H groups in total. The van der Waals surface area contributed by atoms with Gasteiger partial charge in [-0.15, -0.1) is 12.4 Å². The van der Waals surface area contributed by atoms with Crippen LogP contribution in [-0.4, -0.2) is 13.1 Å². The zero-order valence-corrected chi connectivity index (χ0v) is 7.75. The third-order valence-corrected chi connectivity index (χ3v) is 1.62. The topological polar surface area (TPSA) is 26.3 Å². The molecule has 0 fully saturated rings. The number of carbonyl (C=O) groups is 1. The molecule has 0 bridgehead atoms. The van der Waals surface area contributed by atoms with Gasteiger partial charge in [0.05, 0.1) is 12.5 Å². The maximum atomic E-state index is 10.8. The van der Waals surface area contributed by atoms with Crippen molar-refractivity contribution in [2.24, 2.45) is 5.41 Å². The number of ether oxygens (including phenoxy) is 1. The molecule has 0 atom stereocenters. The third-order valence-electron chi connectivity index (χ3n) is 1.62. The van der Waals surface area contributed by atoms with Gasteiger partial charge in [0.15, 0.2) is 0 Å². The van der Waals surface area contributed by atoms with Crippen LogP contribution in [0.5, 0.6) is 0 Å². The summed E-state index contributed by atoms with van der Waals surface area (Å²) in [5, 5.41) is 0. The lowest BCUT2D eigenvalue weighted by Gasteiger charge is -2.17. The van der Waals surface area contributed by atoms with Gasteiger partial charge in [0.2, 0.25) is 0 Å². The molecule has 0 saturated heterocycles. The Balaban J connectivity index is 0. The van der Waals surface area contributed by atoms with Crippen LogP contribution in [0.15, 0.2) is 0 Å². The van der Waals surface area contributed by atoms with Gasteiger partial charge in [-0.2, -0.15) is 0 Å². The average molecular weight is 167 g/mol. The molecule has 0 saturated carbocycles. The molecular formula is C7H15ClO2. The first-order valence-electron chi connectivity index (χ1n) is 3.13. The molecule has 0 spiro atoms. The van der Waals surface area contributed by atoms with Crippen molar-refractivity contribution in [3.63, 3.8) is 0 Å². The molecule has 0 radical (unpaired) electrons. The number of hydrogen-bond acceptors (Lipinski definition) is 2. The monoisotopic (exact) mass is 166 g/mol. The lowest BCUT2D eigenvalue weighted by Crippen LogP contribution is -2.24. The van der Waals surface area contributed by atoms with E-state index in [0.29, 0.717) is 0 Å². The maximum absolute atomic E-state index is 10.8. The summed E-state index contributed by atoms with van der Waals surface area (Å²) in [5.41, 5.74) is -0.311. The van der Waals surface area contributed by atoms with Gasteiger partial charge in [0.25, 0.3) is 0 Å². The molecule has 0 heterocycles. The fourth-order valence-corrected chi connectivity index (χ4v) is 0.421. The van der Waals surface area contributed by atoms with Crippen LogP contribution in [0.4, 0.5) is 0 Å². The normalized spacial score (nSPS) is 10.0.